The molecule has 0 aliphatic rings. The third kappa shape index (κ3) is 4.48. The number of imidazole rings is 1. The minimum absolute atomic E-state index is 0.212. The number of anilines is 1. The first kappa shape index (κ1) is 20.2. The third-order valence-corrected chi connectivity index (χ3v) is 4.46. The van der Waals surface area contributed by atoms with Crippen LogP contribution in [0.15, 0.2) is 36.4 Å². The SMILES string of the molecule is COc1cc(NC(=O)CCc2nc3ccccc3[nH]2)c(C(=O)N(C)C)cc1OC. The van der Waals surface area contributed by atoms with Crippen molar-refractivity contribution in [2.45, 2.75) is 12.8 Å². The number of aromatic amines is 1. The van der Waals surface area contributed by atoms with Crippen molar-refractivity contribution >= 4 is 28.5 Å². The highest BCUT2D eigenvalue weighted by Crippen LogP contribution is 2.34. The van der Waals surface area contributed by atoms with Gasteiger partial charge in [0.05, 0.1) is 36.5 Å². The van der Waals surface area contributed by atoms with Gasteiger partial charge in [-0.1, -0.05) is 12.1 Å². The molecular formula is C21H24N4O4. The topological polar surface area (TPSA) is 96.5 Å². The van der Waals surface area contributed by atoms with Crippen molar-refractivity contribution < 1.29 is 19.1 Å². The van der Waals surface area contributed by atoms with E-state index in [9.17, 15) is 9.59 Å². The summed E-state index contributed by atoms with van der Waals surface area (Å²) in [5.74, 6) is 1.09. The molecule has 1 aromatic heterocycles. The molecule has 0 radical (unpaired) electrons. The first-order chi connectivity index (χ1) is 13.9. The van der Waals surface area contributed by atoms with Gasteiger partial charge in [-0.2, -0.15) is 0 Å². The van der Waals surface area contributed by atoms with Crippen molar-refractivity contribution in [3.8, 4) is 11.5 Å². The maximum Gasteiger partial charge on any atom is 0.255 e. The Hall–Kier alpha value is -3.55. The molecule has 0 bridgehead atoms. The summed E-state index contributed by atoms with van der Waals surface area (Å²) in [6.45, 7) is 0. The molecule has 0 atom stereocenters. The van der Waals surface area contributed by atoms with Crippen molar-refractivity contribution in [2.75, 3.05) is 33.6 Å². The smallest absolute Gasteiger partial charge is 0.255 e. The highest BCUT2D eigenvalue weighted by molar-refractivity contribution is 6.04. The number of H-pyrrole nitrogens is 1. The zero-order valence-corrected chi connectivity index (χ0v) is 16.9. The Bertz CT molecular complexity index is 1010. The average Bonchev–Trinajstić information content (AvgIpc) is 3.14. The standard InChI is InChI=1S/C21H24N4O4/c1-25(2)21(27)13-11-17(28-3)18(29-4)12-16(13)24-20(26)10-9-19-22-14-7-5-6-8-15(14)23-19/h5-8,11-12H,9-10H2,1-4H3,(H,22,23)(H,24,26). The largest absolute Gasteiger partial charge is 0.493 e. The number of carbonyl (C=O) groups is 2. The van der Waals surface area contributed by atoms with Crippen LogP contribution in [0, 0.1) is 0 Å². The van der Waals surface area contributed by atoms with Gasteiger partial charge in [-0.05, 0) is 18.2 Å². The predicted octanol–water partition coefficient (Wildman–Crippen LogP) is 2.85. The number of hydrogen-bond acceptors (Lipinski definition) is 5. The van der Waals surface area contributed by atoms with Crippen molar-refractivity contribution in [2.24, 2.45) is 0 Å². The number of amides is 2. The van der Waals surface area contributed by atoms with Crippen LogP contribution in [0.3, 0.4) is 0 Å². The number of methoxy groups -OCH3 is 2. The highest BCUT2D eigenvalue weighted by Gasteiger charge is 2.20. The normalized spacial score (nSPS) is 10.6. The summed E-state index contributed by atoms with van der Waals surface area (Å²) in [6, 6.07) is 10.9. The van der Waals surface area contributed by atoms with Gasteiger partial charge in [0.15, 0.2) is 11.5 Å². The van der Waals surface area contributed by atoms with Gasteiger partial charge in [0.1, 0.15) is 5.82 Å². The first-order valence-electron chi connectivity index (χ1n) is 9.14. The van der Waals surface area contributed by atoms with Crippen molar-refractivity contribution in [1.29, 1.82) is 0 Å². The molecule has 29 heavy (non-hydrogen) atoms. The van der Waals surface area contributed by atoms with Gasteiger partial charge >= 0.3 is 0 Å². The molecule has 0 saturated carbocycles. The Morgan fingerprint density at radius 1 is 1.10 bits per heavy atom. The van der Waals surface area contributed by atoms with Crippen molar-refractivity contribution in [3.05, 3.63) is 47.8 Å². The second-order valence-corrected chi connectivity index (χ2v) is 6.70. The van der Waals surface area contributed by atoms with Gasteiger partial charge in [0.25, 0.3) is 5.91 Å². The molecule has 0 unspecified atom stereocenters. The van der Waals surface area contributed by atoms with E-state index in [1.165, 1.54) is 19.1 Å². The Balaban J connectivity index is 1.78. The lowest BCUT2D eigenvalue weighted by atomic mass is 10.1. The zero-order valence-electron chi connectivity index (χ0n) is 16.9. The van der Waals surface area contributed by atoms with E-state index in [2.05, 4.69) is 15.3 Å². The molecule has 0 fully saturated rings. The van der Waals surface area contributed by atoms with Crippen LogP contribution < -0.4 is 14.8 Å². The lowest BCUT2D eigenvalue weighted by Gasteiger charge is -2.18. The zero-order chi connectivity index (χ0) is 21.0. The molecule has 1 heterocycles. The molecule has 3 aromatic rings. The average molecular weight is 396 g/mol. The molecule has 0 spiro atoms. The van der Waals surface area contributed by atoms with E-state index in [1.807, 2.05) is 24.3 Å². The molecule has 2 aromatic carbocycles. The third-order valence-electron chi connectivity index (χ3n) is 4.46. The number of carbonyl (C=O) groups excluding carboxylic acids is 2. The summed E-state index contributed by atoms with van der Waals surface area (Å²) >= 11 is 0. The van der Waals surface area contributed by atoms with E-state index in [0.717, 1.165) is 16.9 Å². The van der Waals surface area contributed by atoms with Crippen LogP contribution in [0.2, 0.25) is 0 Å². The van der Waals surface area contributed by atoms with E-state index in [4.69, 9.17) is 9.47 Å². The molecule has 3 rings (SSSR count). The summed E-state index contributed by atoms with van der Waals surface area (Å²) in [5.41, 5.74) is 2.49. The number of nitrogens with zero attached hydrogens (tertiary/aromatic N) is 2. The number of ether oxygens (including phenoxy) is 2. The van der Waals surface area contributed by atoms with Crippen LogP contribution in [0.1, 0.15) is 22.6 Å². The number of aromatic nitrogens is 2. The van der Waals surface area contributed by atoms with Crippen LogP contribution in [-0.2, 0) is 11.2 Å². The monoisotopic (exact) mass is 396 g/mol. The maximum atomic E-state index is 12.6. The molecule has 2 amide bonds. The molecule has 8 heteroatoms. The number of fused-ring (bicyclic) bond motifs is 1. The summed E-state index contributed by atoms with van der Waals surface area (Å²) in [6.07, 6.45) is 0.661. The van der Waals surface area contributed by atoms with Gasteiger partial charge in [-0.3, -0.25) is 9.59 Å². The highest BCUT2D eigenvalue weighted by atomic mass is 16.5. The molecule has 0 aliphatic carbocycles. The number of nitrogens with one attached hydrogen (secondary N) is 2. The Morgan fingerprint density at radius 2 is 1.79 bits per heavy atom. The molecule has 0 aliphatic heterocycles. The van der Waals surface area contributed by atoms with Crippen molar-refractivity contribution in [1.82, 2.24) is 14.9 Å². The van der Waals surface area contributed by atoms with Crippen molar-refractivity contribution in [3.63, 3.8) is 0 Å². The van der Waals surface area contributed by atoms with E-state index in [1.54, 1.807) is 26.2 Å². The lowest BCUT2D eigenvalue weighted by Crippen LogP contribution is -2.24. The predicted molar refractivity (Wildman–Crippen MR) is 111 cm³/mol. The van der Waals surface area contributed by atoms with Crippen LogP contribution >= 0.6 is 0 Å². The number of rotatable bonds is 7. The fraction of sp³-hybridized carbons (Fsp3) is 0.286. The number of hydrogen-bond donors (Lipinski definition) is 2. The molecule has 152 valence electrons. The molecule has 2 N–H and O–H groups in total. The van der Waals surface area contributed by atoms with E-state index >= 15 is 0 Å². The molecular weight excluding hydrogens is 372 g/mol. The number of aryl methyl sites for hydroxylation is 1. The van der Waals surface area contributed by atoms with Gasteiger partial charge in [-0.25, -0.2) is 4.98 Å². The molecule has 8 nitrogen and oxygen atoms in total. The van der Waals surface area contributed by atoms with E-state index in [-0.39, 0.29) is 18.2 Å². The fourth-order valence-corrected chi connectivity index (χ4v) is 2.97. The quantitative estimate of drug-likeness (QED) is 0.640. The first-order valence-corrected chi connectivity index (χ1v) is 9.14. The van der Waals surface area contributed by atoms with Crippen LogP contribution in [0.4, 0.5) is 5.69 Å². The van der Waals surface area contributed by atoms with Gasteiger partial charge in [0, 0.05) is 33.0 Å². The minimum atomic E-state index is -0.251. The Morgan fingerprint density at radius 3 is 2.45 bits per heavy atom. The maximum absolute atomic E-state index is 12.6. The summed E-state index contributed by atoms with van der Waals surface area (Å²) < 4.78 is 10.6. The Kier molecular flexibility index (Phi) is 6.01. The second kappa shape index (κ2) is 8.64. The summed E-state index contributed by atoms with van der Waals surface area (Å²) in [5, 5.41) is 2.81. The minimum Gasteiger partial charge on any atom is -0.493 e. The summed E-state index contributed by atoms with van der Waals surface area (Å²) in [7, 11) is 6.28. The fourth-order valence-electron chi connectivity index (χ4n) is 2.97. The van der Waals surface area contributed by atoms with Crippen LogP contribution in [-0.4, -0.2) is 55.0 Å². The number of benzene rings is 2. The Labute approximate surface area is 168 Å². The second-order valence-electron chi connectivity index (χ2n) is 6.70. The van der Waals surface area contributed by atoms with Crippen LogP contribution in [0.5, 0.6) is 11.5 Å². The summed E-state index contributed by atoms with van der Waals surface area (Å²) in [4.78, 5) is 34.2. The van der Waals surface area contributed by atoms with Gasteiger partial charge < -0.3 is 24.7 Å². The van der Waals surface area contributed by atoms with E-state index in [0.29, 0.717) is 29.2 Å². The van der Waals surface area contributed by atoms with Gasteiger partial charge in [-0.15, -0.1) is 0 Å². The van der Waals surface area contributed by atoms with E-state index < -0.39 is 0 Å². The van der Waals surface area contributed by atoms with Gasteiger partial charge in [0.2, 0.25) is 5.91 Å². The van der Waals surface area contributed by atoms with Crippen LogP contribution in [0.25, 0.3) is 11.0 Å². The molecule has 0 saturated heterocycles. The number of para-hydroxylation sites is 2. The lowest BCUT2D eigenvalue weighted by molar-refractivity contribution is -0.116.